The van der Waals surface area contributed by atoms with Crippen molar-refractivity contribution in [2.75, 3.05) is 26.7 Å². The van der Waals surface area contributed by atoms with Crippen LogP contribution in [0.1, 0.15) is 44.9 Å². The lowest BCUT2D eigenvalue weighted by atomic mass is 10.0. The van der Waals surface area contributed by atoms with E-state index in [1.807, 2.05) is 6.07 Å². The van der Waals surface area contributed by atoms with Crippen LogP contribution in [0.5, 0.6) is 0 Å². The van der Waals surface area contributed by atoms with E-state index in [-0.39, 0.29) is 19.6 Å². The maximum atomic E-state index is 12.9. The number of amides is 3. The van der Waals surface area contributed by atoms with Crippen LogP contribution in [0.15, 0.2) is 30.8 Å². The molecule has 0 bridgehead atoms. The van der Waals surface area contributed by atoms with Gasteiger partial charge in [-0.3, -0.25) is 14.4 Å². The molecule has 0 aliphatic rings. The molecule has 1 atom stereocenters. The zero-order valence-corrected chi connectivity index (χ0v) is 18.7. The Balaban J connectivity index is 3.10. The average Bonchev–Trinajstić information content (AvgIpc) is 2.72. The molecule has 0 aliphatic carbocycles. The second-order valence-corrected chi connectivity index (χ2v) is 7.61. The van der Waals surface area contributed by atoms with E-state index in [4.69, 9.17) is 4.74 Å². The Kier molecular flexibility index (Phi) is 9.72. The van der Waals surface area contributed by atoms with Gasteiger partial charge in [0.1, 0.15) is 24.7 Å². The minimum Gasteiger partial charge on any atom is -0.468 e. The number of alkyl carbamates (subject to hydrolysis) is 1. The van der Waals surface area contributed by atoms with Crippen molar-refractivity contribution in [3.63, 3.8) is 0 Å². The zero-order chi connectivity index (χ0) is 23.6. The van der Waals surface area contributed by atoms with Crippen LogP contribution in [-0.4, -0.2) is 61.1 Å². The van der Waals surface area contributed by atoms with Gasteiger partial charge in [0.25, 0.3) is 0 Å². The molecule has 1 rings (SSSR count). The van der Waals surface area contributed by atoms with Crippen LogP contribution in [0, 0.1) is 0 Å². The standard InChI is InChI=1S/C22H31N3O6/c1-7-15-10-9-11-16(12-15)19(20(28)23-14-18(27)30-6)25(8-2)17(26)13-24-21(29)31-22(3,4)5/h7,9-12,19H,1,8,13-14H2,2-6H3,(H,23,28)(H,24,29). The van der Waals surface area contributed by atoms with Gasteiger partial charge in [-0.15, -0.1) is 0 Å². The number of rotatable bonds is 9. The predicted molar refractivity (Wildman–Crippen MR) is 116 cm³/mol. The van der Waals surface area contributed by atoms with Gasteiger partial charge in [-0.05, 0) is 44.9 Å². The van der Waals surface area contributed by atoms with Gasteiger partial charge in [0.2, 0.25) is 11.8 Å². The first-order valence-electron chi connectivity index (χ1n) is 9.85. The summed E-state index contributed by atoms with van der Waals surface area (Å²) in [5, 5.41) is 4.90. The molecule has 0 aliphatic heterocycles. The fourth-order valence-corrected chi connectivity index (χ4v) is 2.72. The second-order valence-electron chi connectivity index (χ2n) is 7.61. The SMILES string of the molecule is C=Cc1cccc(C(C(=O)NCC(=O)OC)N(CC)C(=O)CNC(=O)OC(C)(C)C)c1. The fraction of sp³-hybridized carbons (Fsp3) is 0.455. The van der Waals surface area contributed by atoms with Crippen molar-refractivity contribution in [2.45, 2.75) is 39.3 Å². The van der Waals surface area contributed by atoms with Crippen LogP contribution in [0.4, 0.5) is 4.79 Å². The third-order valence-electron chi connectivity index (χ3n) is 4.10. The number of carbonyl (C=O) groups is 4. The van der Waals surface area contributed by atoms with Crippen molar-refractivity contribution in [1.29, 1.82) is 0 Å². The Morgan fingerprint density at radius 3 is 2.39 bits per heavy atom. The normalized spacial score (nSPS) is 11.6. The van der Waals surface area contributed by atoms with Gasteiger partial charge < -0.3 is 25.0 Å². The minimum atomic E-state index is -1.03. The molecule has 31 heavy (non-hydrogen) atoms. The molecule has 0 fully saturated rings. The molecule has 3 amide bonds. The number of esters is 1. The highest BCUT2D eigenvalue weighted by molar-refractivity contribution is 5.92. The minimum absolute atomic E-state index is 0.184. The van der Waals surface area contributed by atoms with Gasteiger partial charge in [0.05, 0.1) is 7.11 Å². The van der Waals surface area contributed by atoms with Crippen molar-refractivity contribution in [1.82, 2.24) is 15.5 Å². The first-order chi connectivity index (χ1) is 14.5. The van der Waals surface area contributed by atoms with Crippen molar-refractivity contribution in [2.24, 2.45) is 0 Å². The number of ether oxygens (including phenoxy) is 2. The smallest absolute Gasteiger partial charge is 0.408 e. The number of hydrogen-bond acceptors (Lipinski definition) is 6. The van der Waals surface area contributed by atoms with E-state index < -0.39 is 35.5 Å². The topological polar surface area (TPSA) is 114 Å². The van der Waals surface area contributed by atoms with Crippen LogP contribution in [0.2, 0.25) is 0 Å². The van der Waals surface area contributed by atoms with E-state index in [2.05, 4.69) is 21.9 Å². The molecule has 0 aromatic heterocycles. The van der Waals surface area contributed by atoms with Gasteiger partial charge in [-0.25, -0.2) is 4.79 Å². The zero-order valence-electron chi connectivity index (χ0n) is 18.7. The van der Waals surface area contributed by atoms with Gasteiger partial charge in [0.15, 0.2) is 0 Å². The highest BCUT2D eigenvalue weighted by Crippen LogP contribution is 2.23. The molecule has 1 aromatic carbocycles. The molecule has 0 saturated heterocycles. The molecule has 170 valence electrons. The molecule has 2 N–H and O–H groups in total. The van der Waals surface area contributed by atoms with E-state index in [9.17, 15) is 19.2 Å². The van der Waals surface area contributed by atoms with E-state index in [1.165, 1.54) is 12.0 Å². The van der Waals surface area contributed by atoms with E-state index in [0.29, 0.717) is 5.56 Å². The number of nitrogens with zero attached hydrogens (tertiary/aromatic N) is 1. The van der Waals surface area contributed by atoms with Gasteiger partial charge in [-0.2, -0.15) is 0 Å². The third kappa shape index (κ3) is 8.49. The lowest BCUT2D eigenvalue weighted by Crippen LogP contribution is -2.48. The van der Waals surface area contributed by atoms with Gasteiger partial charge >= 0.3 is 12.1 Å². The Morgan fingerprint density at radius 1 is 1.16 bits per heavy atom. The number of hydrogen-bond donors (Lipinski definition) is 2. The van der Waals surface area contributed by atoms with Crippen molar-refractivity contribution < 1.29 is 28.7 Å². The van der Waals surface area contributed by atoms with E-state index in [0.717, 1.165) is 5.56 Å². The quantitative estimate of drug-likeness (QED) is 0.576. The number of carbonyl (C=O) groups excluding carboxylic acids is 4. The Bertz CT molecular complexity index is 816. The number of benzene rings is 1. The first kappa shape index (κ1) is 25.7. The molecule has 0 radical (unpaired) electrons. The summed E-state index contributed by atoms with van der Waals surface area (Å²) in [6.45, 7) is 10.1. The number of likely N-dealkylation sites (N-methyl/N-ethyl adjacent to an activating group) is 1. The second kappa shape index (κ2) is 11.7. The van der Waals surface area contributed by atoms with Crippen LogP contribution in [-0.2, 0) is 23.9 Å². The summed E-state index contributed by atoms with van der Waals surface area (Å²) in [6.07, 6.45) is 0.881. The predicted octanol–water partition coefficient (Wildman–Crippen LogP) is 2.03. The summed E-state index contributed by atoms with van der Waals surface area (Å²) in [6, 6.07) is 5.95. The average molecular weight is 434 g/mol. The van der Waals surface area contributed by atoms with Crippen molar-refractivity contribution in [3.05, 3.63) is 42.0 Å². The van der Waals surface area contributed by atoms with Crippen molar-refractivity contribution in [3.8, 4) is 0 Å². The van der Waals surface area contributed by atoms with Crippen LogP contribution >= 0.6 is 0 Å². The maximum Gasteiger partial charge on any atom is 0.408 e. The van der Waals surface area contributed by atoms with E-state index >= 15 is 0 Å². The molecular formula is C22H31N3O6. The Morgan fingerprint density at radius 2 is 1.84 bits per heavy atom. The van der Waals surface area contributed by atoms with Crippen molar-refractivity contribution >= 4 is 30.0 Å². The molecule has 1 aromatic rings. The summed E-state index contributed by atoms with van der Waals surface area (Å²) in [5.74, 6) is -1.66. The summed E-state index contributed by atoms with van der Waals surface area (Å²) >= 11 is 0. The van der Waals surface area contributed by atoms with Gasteiger partial charge in [-0.1, -0.05) is 30.9 Å². The highest BCUT2D eigenvalue weighted by atomic mass is 16.6. The summed E-state index contributed by atoms with van der Waals surface area (Å²) in [5.41, 5.74) is 0.588. The number of nitrogens with one attached hydrogen (secondary N) is 2. The largest absolute Gasteiger partial charge is 0.468 e. The molecule has 0 spiro atoms. The lowest BCUT2D eigenvalue weighted by Gasteiger charge is -2.30. The van der Waals surface area contributed by atoms with Crippen LogP contribution in [0.25, 0.3) is 6.08 Å². The molecule has 1 unspecified atom stereocenters. The summed E-state index contributed by atoms with van der Waals surface area (Å²) in [7, 11) is 1.21. The molecule has 9 nitrogen and oxygen atoms in total. The monoisotopic (exact) mass is 433 g/mol. The maximum absolute atomic E-state index is 12.9. The summed E-state index contributed by atoms with van der Waals surface area (Å²) in [4.78, 5) is 50.5. The first-order valence-corrected chi connectivity index (χ1v) is 9.85. The Hall–Kier alpha value is -3.36. The van der Waals surface area contributed by atoms with Gasteiger partial charge in [0, 0.05) is 6.54 Å². The van der Waals surface area contributed by atoms with Crippen LogP contribution < -0.4 is 10.6 Å². The molecule has 9 heteroatoms. The fourth-order valence-electron chi connectivity index (χ4n) is 2.72. The number of methoxy groups -OCH3 is 1. The Labute approximate surface area is 182 Å². The molecular weight excluding hydrogens is 402 g/mol. The summed E-state index contributed by atoms with van der Waals surface area (Å²) < 4.78 is 9.69. The highest BCUT2D eigenvalue weighted by Gasteiger charge is 2.31. The molecule has 0 heterocycles. The lowest BCUT2D eigenvalue weighted by molar-refractivity contribution is -0.143. The van der Waals surface area contributed by atoms with E-state index in [1.54, 1.807) is 52.0 Å². The third-order valence-corrected chi connectivity index (χ3v) is 4.10. The molecule has 0 saturated carbocycles. The van der Waals surface area contributed by atoms with Crippen LogP contribution in [0.3, 0.4) is 0 Å².